The number of nitrogens with one attached hydrogen (secondary N) is 1. The number of esters is 1. The molecule has 0 spiro atoms. The van der Waals surface area contributed by atoms with Crippen LogP contribution in [-0.4, -0.2) is 47.7 Å². The van der Waals surface area contributed by atoms with Gasteiger partial charge in [-0.2, -0.15) is 0 Å². The highest BCUT2D eigenvalue weighted by atomic mass is 16.5. The highest BCUT2D eigenvalue weighted by molar-refractivity contribution is 5.95. The summed E-state index contributed by atoms with van der Waals surface area (Å²) in [4.78, 5) is 33.8. The Morgan fingerprint density at radius 3 is 2.36 bits per heavy atom. The first-order chi connectivity index (χ1) is 16.2. The number of furan rings is 2. The quantitative estimate of drug-likeness (QED) is 0.427. The van der Waals surface area contributed by atoms with Crippen molar-refractivity contribution in [2.45, 2.75) is 18.9 Å². The number of fused-ring (bicyclic) bond motifs is 1. The van der Waals surface area contributed by atoms with Gasteiger partial charge in [0.25, 0.3) is 5.91 Å². The lowest BCUT2D eigenvalue weighted by molar-refractivity contribution is -0.124. The smallest absolute Gasteiger partial charge is 0.338 e. The Kier molecular flexibility index (Phi) is 5.86. The lowest BCUT2D eigenvalue weighted by atomic mass is 10.1. The van der Waals surface area contributed by atoms with Gasteiger partial charge in [0.05, 0.1) is 35.2 Å². The molecule has 0 bridgehead atoms. The summed E-state index contributed by atoms with van der Waals surface area (Å²) >= 11 is 0. The van der Waals surface area contributed by atoms with Crippen LogP contribution in [0, 0.1) is 0 Å². The molecule has 0 saturated carbocycles. The maximum absolute atomic E-state index is 12.5. The fraction of sp³-hybridized carbons (Fsp3) is 0.250. The molecule has 5 rings (SSSR count). The van der Waals surface area contributed by atoms with E-state index in [1.807, 2.05) is 0 Å². The zero-order chi connectivity index (χ0) is 22.6. The van der Waals surface area contributed by atoms with Gasteiger partial charge in [0.2, 0.25) is 0 Å². The van der Waals surface area contributed by atoms with E-state index in [-0.39, 0.29) is 24.2 Å². The summed E-state index contributed by atoms with van der Waals surface area (Å²) in [6.45, 7) is 0.755. The first kappa shape index (κ1) is 20.9. The van der Waals surface area contributed by atoms with E-state index >= 15 is 0 Å². The second-order valence-electron chi connectivity index (χ2n) is 7.59. The molecule has 1 amide bonds. The Labute approximate surface area is 188 Å². The van der Waals surface area contributed by atoms with Crippen molar-refractivity contribution >= 4 is 22.9 Å². The molecule has 0 radical (unpaired) electrons. The standard InChI is InChI=1S/C24H21N3O6/c28-21(25-13-16-4-1-9-30-16)14-33-24(29)15-7-8-17-18(12-15)27-23(20-6-3-11-32-20)22(26-17)19-5-2-10-31-19/h2-3,5-8,10-12,16H,1,4,9,13-14H2,(H,25,28). The van der Waals surface area contributed by atoms with Gasteiger partial charge < -0.3 is 23.6 Å². The van der Waals surface area contributed by atoms with Crippen LogP contribution in [0.25, 0.3) is 33.9 Å². The first-order valence-electron chi connectivity index (χ1n) is 10.6. The van der Waals surface area contributed by atoms with Crippen molar-refractivity contribution < 1.29 is 27.9 Å². The zero-order valence-corrected chi connectivity index (χ0v) is 17.7. The van der Waals surface area contributed by atoms with Crippen LogP contribution >= 0.6 is 0 Å². The summed E-state index contributed by atoms with van der Waals surface area (Å²) in [6.07, 6.45) is 5.04. The van der Waals surface area contributed by atoms with E-state index in [2.05, 4.69) is 15.3 Å². The van der Waals surface area contributed by atoms with Crippen LogP contribution < -0.4 is 5.32 Å². The molecular formula is C24H21N3O6. The van der Waals surface area contributed by atoms with Crippen molar-refractivity contribution in [1.29, 1.82) is 0 Å². The number of hydrogen-bond donors (Lipinski definition) is 1. The third-order valence-electron chi connectivity index (χ3n) is 5.29. The number of aromatic nitrogens is 2. The van der Waals surface area contributed by atoms with Crippen LogP contribution in [0.5, 0.6) is 0 Å². The van der Waals surface area contributed by atoms with Crippen molar-refractivity contribution in [1.82, 2.24) is 15.3 Å². The minimum Gasteiger partial charge on any atom is -0.463 e. The summed E-state index contributed by atoms with van der Waals surface area (Å²) in [5, 5.41) is 2.72. The van der Waals surface area contributed by atoms with Gasteiger partial charge >= 0.3 is 5.97 Å². The van der Waals surface area contributed by atoms with E-state index in [1.54, 1.807) is 55.0 Å². The van der Waals surface area contributed by atoms with Crippen molar-refractivity contribution in [2.75, 3.05) is 19.8 Å². The fourth-order valence-electron chi connectivity index (χ4n) is 3.65. The predicted molar refractivity (Wildman–Crippen MR) is 117 cm³/mol. The predicted octanol–water partition coefficient (Wildman–Crippen LogP) is 3.60. The highest BCUT2D eigenvalue weighted by Crippen LogP contribution is 2.31. The number of rotatable bonds is 7. The van der Waals surface area contributed by atoms with Crippen molar-refractivity contribution in [3.8, 4) is 22.9 Å². The van der Waals surface area contributed by atoms with E-state index < -0.39 is 5.97 Å². The molecule has 1 unspecified atom stereocenters. The fourth-order valence-corrected chi connectivity index (χ4v) is 3.65. The van der Waals surface area contributed by atoms with Crippen LogP contribution in [0.2, 0.25) is 0 Å². The molecular weight excluding hydrogens is 426 g/mol. The number of carbonyl (C=O) groups is 2. The largest absolute Gasteiger partial charge is 0.463 e. The SMILES string of the molecule is O=C(COC(=O)c1ccc2nc(-c3ccco3)c(-c3ccco3)nc2c1)NCC1CCCO1. The Bertz CT molecular complexity index is 1260. The van der Waals surface area contributed by atoms with Gasteiger partial charge in [-0.1, -0.05) is 0 Å². The van der Waals surface area contributed by atoms with Gasteiger partial charge in [0.15, 0.2) is 18.1 Å². The molecule has 1 saturated heterocycles. The molecule has 1 atom stereocenters. The zero-order valence-electron chi connectivity index (χ0n) is 17.7. The van der Waals surface area contributed by atoms with Crippen LogP contribution in [0.4, 0.5) is 0 Å². The summed E-state index contributed by atoms with van der Waals surface area (Å²) < 4.78 is 21.7. The van der Waals surface area contributed by atoms with E-state index in [0.717, 1.165) is 12.8 Å². The molecule has 9 heteroatoms. The average molecular weight is 447 g/mol. The van der Waals surface area contributed by atoms with Gasteiger partial charge in [-0.15, -0.1) is 0 Å². The number of hydrogen-bond acceptors (Lipinski definition) is 8. The minimum absolute atomic E-state index is 0.0261. The maximum Gasteiger partial charge on any atom is 0.338 e. The van der Waals surface area contributed by atoms with Crippen molar-refractivity contribution in [2.24, 2.45) is 0 Å². The number of ether oxygens (including phenoxy) is 2. The molecule has 168 valence electrons. The van der Waals surface area contributed by atoms with Crippen molar-refractivity contribution in [3.63, 3.8) is 0 Å². The molecule has 1 aromatic carbocycles. The molecule has 0 aliphatic carbocycles. The highest BCUT2D eigenvalue weighted by Gasteiger charge is 2.19. The minimum atomic E-state index is -0.624. The Morgan fingerprint density at radius 2 is 1.73 bits per heavy atom. The molecule has 1 aliphatic heterocycles. The summed E-state index contributed by atoms with van der Waals surface area (Å²) in [5.41, 5.74) is 2.33. The number of nitrogens with zero attached hydrogens (tertiary/aromatic N) is 2. The molecule has 33 heavy (non-hydrogen) atoms. The summed E-state index contributed by atoms with van der Waals surface area (Å²) in [5.74, 6) is 0.0725. The number of amides is 1. The van der Waals surface area contributed by atoms with E-state index in [0.29, 0.717) is 47.1 Å². The van der Waals surface area contributed by atoms with E-state index in [9.17, 15) is 9.59 Å². The molecule has 1 fully saturated rings. The van der Waals surface area contributed by atoms with E-state index in [1.165, 1.54) is 0 Å². The van der Waals surface area contributed by atoms with Crippen LogP contribution in [0.15, 0.2) is 63.8 Å². The summed E-state index contributed by atoms with van der Waals surface area (Å²) in [6, 6.07) is 11.9. The monoisotopic (exact) mass is 447 g/mol. The Morgan fingerprint density at radius 1 is 1.00 bits per heavy atom. The van der Waals surface area contributed by atoms with Crippen LogP contribution in [0.1, 0.15) is 23.2 Å². The van der Waals surface area contributed by atoms with Crippen LogP contribution in [0.3, 0.4) is 0 Å². The van der Waals surface area contributed by atoms with Crippen LogP contribution in [-0.2, 0) is 14.3 Å². The van der Waals surface area contributed by atoms with E-state index in [4.69, 9.17) is 18.3 Å². The van der Waals surface area contributed by atoms with Gasteiger partial charge in [-0.25, -0.2) is 14.8 Å². The van der Waals surface area contributed by atoms with Crippen molar-refractivity contribution in [3.05, 3.63) is 60.6 Å². The van der Waals surface area contributed by atoms with Gasteiger partial charge in [-0.3, -0.25) is 4.79 Å². The number of carbonyl (C=O) groups excluding carboxylic acids is 2. The summed E-state index contributed by atoms with van der Waals surface area (Å²) in [7, 11) is 0. The normalized spacial score (nSPS) is 15.6. The topological polar surface area (TPSA) is 117 Å². The maximum atomic E-state index is 12.5. The second-order valence-corrected chi connectivity index (χ2v) is 7.59. The molecule has 4 heterocycles. The third kappa shape index (κ3) is 4.63. The Balaban J connectivity index is 1.33. The second kappa shape index (κ2) is 9.25. The van der Waals surface area contributed by atoms with Gasteiger partial charge in [-0.05, 0) is 55.3 Å². The first-order valence-corrected chi connectivity index (χ1v) is 10.6. The number of benzene rings is 1. The Hall–Kier alpha value is -3.98. The molecule has 9 nitrogen and oxygen atoms in total. The molecule has 4 aromatic rings. The lowest BCUT2D eigenvalue weighted by Crippen LogP contribution is -2.34. The van der Waals surface area contributed by atoms with Gasteiger partial charge in [0, 0.05) is 13.2 Å². The lowest BCUT2D eigenvalue weighted by Gasteiger charge is -2.11. The third-order valence-corrected chi connectivity index (χ3v) is 5.29. The molecule has 1 aliphatic rings. The average Bonchev–Trinajstić information content (AvgIpc) is 3.63. The molecule has 3 aromatic heterocycles. The van der Waals surface area contributed by atoms with Gasteiger partial charge in [0.1, 0.15) is 11.4 Å². The molecule has 1 N–H and O–H groups in total.